The van der Waals surface area contributed by atoms with Gasteiger partial charge in [-0.3, -0.25) is 0 Å². The molecule has 1 atom stereocenters. The normalized spacial score (nSPS) is 21.8. The van der Waals surface area contributed by atoms with Crippen LogP contribution in [0.2, 0.25) is 0 Å². The van der Waals surface area contributed by atoms with Gasteiger partial charge in [-0.2, -0.15) is 0 Å². The van der Waals surface area contributed by atoms with Crippen LogP contribution in [0.1, 0.15) is 23.4 Å². The van der Waals surface area contributed by atoms with E-state index in [1.165, 1.54) is 29.8 Å². The van der Waals surface area contributed by atoms with Crippen LogP contribution in [0.5, 0.6) is 0 Å². The summed E-state index contributed by atoms with van der Waals surface area (Å²) in [5.74, 6) is 0.829. The van der Waals surface area contributed by atoms with Gasteiger partial charge in [0, 0.05) is 4.88 Å². The second kappa shape index (κ2) is 3.40. The van der Waals surface area contributed by atoms with Crippen LogP contribution in [0.4, 0.5) is 0 Å². The molecule has 0 N–H and O–H groups in total. The number of hydrogen-bond donors (Lipinski definition) is 0. The first-order chi connectivity index (χ1) is 5.90. The third-order valence-corrected chi connectivity index (χ3v) is 3.39. The van der Waals surface area contributed by atoms with Gasteiger partial charge in [-0.05, 0) is 31.6 Å². The molecular formula is C10H13NS. The molecule has 0 saturated carbocycles. The molecule has 0 saturated heterocycles. The second-order valence-electron chi connectivity index (χ2n) is 3.36. The van der Waals surface area contributed by atoms with E-state index in [0.717, 1.165) is 12.3 Å². The average molecular weight is 179 g/mol. The highest BCUT2D eigenvalue weighted by Gasteiger charge is 2.19. The monoisotopic (exact) mass is 179 g/mol. The van der Waals surface area contributed by atoms with Crippen molar-refractivity contribution in [1.82, 2.24) is 4.98 Å². The van der Waals surface area contributed by atoms with Crippen molar-refractivity contribution in [3.05, 3.63) is 28.7 Å². The zero-order valence-electron chi connectivity index (χ0n) is 7.12. The minimum Gasteiger partial charge on any atom is -0.249 e. The Kier molecular flexibility index (Phi) is 2.26. The number of allylic oxidation sites excluding steroid dienone is 1. The Morgan fingerprint density at radius 3 is 3.50 bits per heavy atom. The number of nitrogens with zero attached hydrogens (tertiary/aromatic N) is 1. The van der Waals surface area contributed by atoms with Gasteiger partial charge in [0.15, 0.2) is 0 Å². The highest BCUT2D eigenvalue weighted by molar-refractivity contribution is 7.09. The van der Waals surface area contributed by atoms with Crippen molar-refractivity contribution in [2.24, 2.45) is 5.92 Å². The van der Waals surface area contributed by atoms with Gasteiger partial charge in [-0.15, -0.1) is 17.9 Å². The Labute approximate surface area is 77.2 Å². The Bertz CT molecular complexity index is 277. The molecule has 1 aromatic heterocycles. The minimum absolute atomic E-state index is 0.829. The molecule has 0 fully saturated rings. The van der Waals surface area contributed by atoms with Crippen LogP contribution >= 0.6 is 11.3 Å². The first-order valence-electron chi connectivity index (χ1n) is 4.42. The molecule has 2 rings (SSSR count). The van der Waals surface area contributed by atoms with Crippen LogP contribution in [0.3, 0.4) is 0 Å². The number of thiazole rings is 1. The van der Waals surface area contributed by atoms with E-state index in [9.17, 15) is 0 Å². The van der Waals surface area contributed by atoms with Gasteiger partial charge >= 0.3 is 0 Å². The molecule has 1 heterocycles. The van der Waals surface area contributed by atoms with Crippen molar-refractivity contribution in [3.8, 4) is 0 Å². The molecule has 1 unspecified atom stereocenters. The molecular weight excluding hydrogens is 166 g/mol. The lowest BCUT2D eigenvalue weighted by Crippen LogP contribution is -2.11. The van der Waals surface area contributed by atoms with Crippen molar-refractivity contribution < 1.29 is 0 Å². The summed E-state index contributed by atoms with van der Waals surface area (Å²) < 4.78 is 0. The molecule has 0 radical (unpaired) electrons. The lowest BCUT2D eigenvalue weighted by Gasteiger charge is -2.19. The van der Waals surface area contributed by atoms with Crippen molar-refractivity contribution in [2.45, 2.75) is 25.7 Å². The summed E-state index contributed by atoms with van der Waals surface area (Å²) in [5, 5.41) is 0. The molecule has 0 amide bonds. The maximum Gasteiger partial charge on any atom is 0.0797 e. The summed E-state index contributed by atoms with van der Waals surface area (Å²) >= 11 is 1.81. The lowest BCUT2D eigenvalue weighted by atomic mass is 9.89. The third-order valence-electron chi connectivity index (χ3n) is 2.49. The van der Waals surface area contributed by atoms with E-state index in [1.54, 1.807) is 0 Å². The fourth-order valence-electron chi connectivity index (χ4n) is 1.81. The molecule has 1 aliphatic rings. The molecule has 12 heavy (non-hydrogen) atoms. The third kappa shape index (κ3) is 1.44. The molecule has 0 spiro atoms. The van der Waals surface area contributed by atoms with Crippen LogP contribution in [-0.4, -0.2) is 4.98 Å². The van der Waals surface area contributed by atoms with Crippen LogP contribution in [-0.2, 0) is 12.8 Å². The molecule has 0 bridgehead atoms. The van der Waals surface area contributed by atoms with Crippen molar-refractivity contribution in [2.75, 3.05) is 0 Å². The fraction of sp³-hybridized carbons (Fsp3) is 0.500. The summed E-state index contributed by atoms with van der Waals surface area (Å²) in [6.45, 7) is 3.79. The molecule has 1 aliphatic carbocycles. The minimum atomic E-state index is 0.829. The van der Waals surface area contributed by atoms with Gasteiger partial charge in [0.1, 0.15) is 0 Å². The largest absolute Gasteiger partial charge is 0.249 e. The molecule has 0 aliphatic heterocycles. The summed E-state index contributed by atoms with van der Waals surface area (Å²) in [6, 6.07) is 0. The number of hydrogen-bond acceptors (Lipinski definition) is 2. The van der Waals surface area contributed by atoms with E-state index in [-0.39, 0.29) is 0 Å². The van der Waals surface area contributed by atoms with Gasteiger partial charge in [-0.1, -0.05) is 6.08 Å². The molecule has 1 aromatic rings. The van der Waals surface area contributed by atoms with E-state index < -0.39 is 0 Å². The Morgan fingerprint density at radius 1 is 1.75 bits per heavy atom. The quantitative estimate of drug-likeness (QED) is 0.636. The fourth-order valence-corrected chi connectivity index (χ4v) is 2.74. The van der Waals surface area contributed by atoms with E-state index in [2.05, 4.69) is 11.6 Å². The molecule has 64 valence electrons. The standard InChI is InChI=1S/C10H13NS/c1-2-3-8-4-5-9-10(6-8)12-7-11-9/h2,7-8H,1,3-6H2. The van der Waals surface area contributed by atoms with Crippen molar-refractivity contribution >= 4 is 11.3 Å². The second-order valence-corrected chi connectivity index (χ2v) is 4.29. The van der Waals surface area contributed by atoms with Gasteiger partial charge < -0.3 is 0 Å². The average Bonchev–Trinajstić information content (AvgIpc) is 2.51. The Morgan fingerprint density at radius 2 is 2.67 bits per heavy atom. The van der Waals surface area contributed by atoms with Crippen LogP contribution in [0, 0.1) is 5.92 Å². The summed E-state index contributed by atoms with van der Waals surface area (Å²) in [6.07, 6.45) is 6.90. The van der Waals surface area contributed by atoms with E-state index in [1.807, 2.05) is 22.9 Å². The van der Waals surface area contributed by atoms with Gasteiger partial charge in [-0.25, -0.2) is 4.98 Å². The predicted octanol–water partition coefficient (Wildman–Crippen LogP) is 2.82. The first kappa shape index (κ1) is 7.99. The predicted molar refractivity (Wildman–Crippen MR) is 52.4 cm³/mol. The first-order valence-corrected chi connectivity index (χ1v) is 5.30. The smallest absolute Gasteiger partial charge is 0.0797 e. The van der Waals surface area contributed by atoms with Crippen LogP contribution in [0.25, 0.3) is 0 Å². The lowest BCUT2D eigenvalue weighted by molar-refractivity contribution is 0.465. The summed E-state index contributed by atoms with van der Waals surface area (Å²) in [4.78, 5) is 5.85. The van der Waals surface area contributed by atoms with Gasteiger partial charge in [0.25, 0.3) is 0 Å². The Hall–Kier alpha value is -0.630. The summed E-state index contributed by atoms with van der Waals surface area (Å²) in [5.41, 5.74) is 3.32. The van der Waals surface area contributed by atoms with Gasteiger partial charge in [0.05, 0.1) is 11.2 Å². The zero-order valence-corrected chi connectivity index (χ0v) is 7.94. The van der Waals surface area contributed by atoms with Crippen molar-refractivity contribution in [1.29, 1.82) is 0 Å². The van der Waals surface area contributed by atoms with Crippen molar-refractivity contribution in [3.63, 3.8) is 0 Å². The summed E-state index contributed by atoms with van der Waals surface area (Å²) in [7, 11) is 0. The number of fused-ring (bicyclic) bond motifs is 1. The topological polar surface area (TPSA) is 12.9 Å². The maximum atomic E-state index is 4.34. The number of rotatable bonds is 2. The van der Waals surface area contributed by atoms with Crippen LogP contribution in [0.15, 0.2) is 18.2 Å². The maximum absolute atomic E-state index is 4.34. The highest BCUT2D eigenvalue weighted by atomic mass is 32.1. The van der Waals surface area contributed by atoms with E-state index in [0.29, 0.717) is 0 Å². The zero-order chi connectivity index (χ0) is 8.39. The van der Waals surface area contributed by atoms with E-state index in [4.69, 9.17) is 0 Å². The van der Waals surface area contributed by atoms with Gasteiger partial charge in [0.2, 0.25) is 0 Å². The number of aromatic nitrogens is 1. The van der Waals surface area contributed by atoms with Crippen LogP contribution < -0.4 is 0 Å². The highest BCUT2D eigenvalue weighted by Crippen LogP contribution is 2.29. The Balaban J connectivity index is 2.09. The molecule has 1 nitrogen and oxygen atoms in total. The van der Waals surface area contributed by atoms with E-state index >= 15 is 0 Å². The molecule has 0 aromatic carbocycles. The SMILES string of the molecule is C=CCC1CCc2ncsc2C1. The molecule has 2 heteroatoms. The number of aryl methyl sites for hydroxylation is 1.